The number of hydrogen-bond donors (Lipinski definition) is 1. The Morgan fingerprint density at radius 1 is 1.30 bits per heavy atom. The van der Waals surface area contributed by atoms with E-state index in [0.717, 1.165) is 24.5 Å². The fourth-order valence-electron chi connectivity index (χ4n) is 1.86. The maximum atomic E-state index is 13.9. The second-order valence-corrected chi connectivity index (χ2v) is 6.58. The number of halogens is 4. The number of primary amides is 1. The lowest BCUT2D eigenvalue weighted by molar-refractivity contribution is -0.137. The first-order chi connectivity index (χ1) is 10.4. The van der Waals surface area contributed by atoms with Gasteiger partial charge >= 0.3 is 6.18 Å². The summed E-state index contributed by atoms with van der Waals surface area (Å²) in [6.45, 7) is 0. The third kappa shape index (κ3) is 3.18. The summed E-state index contributed by atoms with van der Waals surface area (Å²) in [5, 5.41) is 3.32. The summed E-state index contributed by atoms with van der Waals surface area (Å²) < 4.78 is 75.8. The number of rotatable bonds is 3. The number of nitrogens with zero attached hydrogens (tertiary/aromatic N) is 2. The second-order valence-electron chi connectivity index (χ2n) is 4.57. The Hall–Kier alpha value is -2.43. The smallest absolute Gasteiger partial charge is 0.364 e. The summed E-state index contributed by atoms with van der Waals surface area (Å²) in [4.78, 5) is 11.0. The number of carbonyl (C=O) groups excluding carboxylic acids is 1. The molecule has 0 radical (unpaired) electrons. The molecule has 1 heterocycles. The van der Waals surface area contributed by atoms with Crippen LogP contribution in [0.25, 0.3) is 5.69 Å². The summed E-state index contributed by atoms with van der Waals surface area (Å²) in [6, 6.07) is 2.45. The van der Waals surface area contributed by atoms with Crippen molar-refractivity contribution in [2.24, 2.45) is 5.73 Å². The van der Waals surface area contributed by atoms with Crippen LogP contribution in [0.3, 0.4) is 0 Å². The van der Waals surface area contributed by atoms with Gasteiger partial charge in [-0.25, -0.2) is 17.5 Å². The molecule has 2 rings (SSSR count). The van der Waals surface area contributed by atoms with E-state index < -0.39 is 44.7 Å². The van der Waals surface area contributed by atoms with Crippen LogP contribution >= 0.6 is 0 Å². The monoisotopic (exact) mass is 351 g/mol. The molecule has 1 aromatic heterocycles. The molecule has 6 nitrogen and oxygen atoms in total. The molecule has 0 saturated carbocycles. The van der Waals surface area contributed by atoms with Gasteiger partial charge in [-0.2, -0.15) is 18.3 Å². The third-order valence-corrected chi connectivity index (χ3v) is 3.99. The summed E-state index contributed by atoms with van der Waals surface area (Å²) in [5.41, 5.74) is 1.74. The number of aromatic nitrogens is 2. The van der Waals surface area contributed by atoms with Gasteiger partial charge in [0.05, 0.1) is 11.1 Å². The van der Waals surface area contributed by atoms with Gasteiger partial charge in [-0.15, -0.1) is 0 Å². The second kappa shape index (κ2) is 5.33. The SMILES string of the molecule is CS(=O)(=O)c1ccc(F)c(-n2ncc(C(F)(F)F)c2C(N)=O)c1. The van der Waals surface area contributed by atoms with Crippen molar-refractivity contribution in [1.82, 2.24) is 9.78 Å². The first kappa shape index (κ1) is 16.9. The van der Waals surface area contributed by atoms with Crippen LogP contribution < -0.4 is 5.73 Å². The van der Waals surface area contributed by atoms with Crippen molar-refractivity contribution in [2.75, 3.05) is 6.26 Å². The van der Waals surface area contributed by atoms with E-state index in [1.807, 2.05) is 0 Å². The van der Waals surface area contributed by atoms with Gasteiger partial charge in [0.15, 0.2) is 9.84 Å². The number of hydrogen-bond acceptors (Lipinski definition) is 4. The van der Waals surface area contributed by atoms with Crippen LogP contribution in [-0.2, 0) is 16.0 Å². The van der Waals surface area contributed by atoms with E-state index in [4.69, 9.17) is 5.73 Å². The zero-order valence-corrected chi connectivity index (χ0v) is 12.2. The van der Waals surface area contributed by atoms with Gasteiger partial charge in [-0.1, -0.05) is 0 Å². The van der Waals surface area contributed by atoms with Crippen LogP contribution in [0.4, 0.5) is 17.6 Å². The zero-order chi connectivity index (χ0) is 17.6. The molecule has 0 aliphatic rings. The lowest BCUT2D eigenvalue weighted by atomic mass is 10.2. The highest BCUT2D eigenvalue weighted by atomic mass is 32.2. The summed E-state index contributed by atoms with van der Waals surface area (Å²) in [7, 11) is -3.75. The van der Waals surface area contributed by atoms with Crippen molar-refractivity contribution < 1.29 is 30.8 Å². The van der Waals surface area contributed by atoms with Crippen LogP contribution in [0.5, 0.6) is 0 Å². The first-order valence-corrected chi connectivity index (χ1v) is 7.77. The minimum atomic E-state index is -4.94. The number of sulfone groups is 1. The molecule has 0 fully saturated rings. The number of nitrogens with two attached hydrogens (primary N) is 1. The topological polar surface area (TPSA) is 95.1 Å². The Labute approximate surface area is 127 Å². The molecule has 2 aromatic rings. The van der Waals surface area contributed by atoms with E-state index in [9.17, 15) is 30.8 Å². The zero-order valence-electron chi connectivity index (χ0n) is 11.4. The van der Waals surface area contributed by atoms with Gasteiger partial charge in [0.1, 0.15) is 22.8 Å². The van der Waals surface area contributed by atoms with E-state index in [2.05, 4.69) is 5.10 Å². The molecule has 0 aliphatic heterocycles. The molecule has 0 saturated heterocycles. The van der Waals surface area contributed by atoms with Crippen molar-refractivity contribution in [3.05, 3.63) is 41.5 Å². The fraction of sp³-hybridized carbons (Fsp3) is 0.167. The third-order valence-electron chi connectivity index (χ3n) is 2.88. The van der Waals surface area contributed by atoms with Crippen molar-refractivity contribution in [2.45, 2.75) is 11.1 Å². The molecule has 11 heteroatoms. The largest absolute Gasteiger partial charge is 0.420 e. The van der Waals surface area contributed by atoms with Gasteiger partial charge in [-0.05, 0) is 18.2 Å². The Kier molecular flexibility index (Phi) is 3.93. The molecule has 0 aliphatic carbocycles. The molecule has 124 valence electrons. The molecule has 0 atom stereocenters. The van der Waals surface area contributed by atoms with Crippen LogP contribution in [0.2, 0.25) is 0 Å². The molecule has 0 unspecified atom stereocenters. The molecular formula is C12H9F4N3O3S. The van der Waals surface area contributed by atoms with E-state index in [1.54, 1.807) is 0 Å². The number of benzene rings is 1. The fourth-order valence-corrected chi connectivity index (χ4v) is 2.50. The highest BCUT2D eigenvalue weighted by molar-refractivity contribution is 7.90. The maximum Gasteiger partial charge on any atom is 0.420 e. The molecular weight excluding hydrogens is 342 g/mol. The highest BCUT2D eigenvalue weighted by Crippen LogP contribution is 2.33. The van der Waals surface area contributed by atoms with Crippen molar-refractivity contribution >= 4 is 15.7 Å². The minimum absolute atomic E-state index is 0.312. The molecule has 0 spiro atoms. The van der Waals surface area contributed by atoms with Crippen LogP contribution in [0.1, 0.15) is 16.1 Å². The van der Waals surface area contributed by atoms with Gasteiger partial charge in [-0.3, -0.25) is 4.79 Å². The first-order valence-electron chi connectivity index (χ1n) is 5.88. The van der Waals surface area contributed by atoms with Crippen LogP contribution in [0, 0.1) is 5.82 Å². The van der Waals surface area contributed by atoms with E-state index in [-0.39, 0.29) is 4.90 Å². The predicted molar refractivity (Wildman–Crippen MR) is 70.2 cm³/mol. The average Bonchev–Trinajstić information content (AvgIpc) is 2.82. The lowest BCUT2D eigenvalue weighted by Crippen LogP contribution is -2.22. The van der Waals surface area contributed by atoms with Crippen LogP contribution in [0.15, 0.2) is 29.3 Å². The lowest BCUT2D eigenvalue weighted by Gasteiger charge is -2.10. The standard InChI is InChI=1S/C12H9F4N3O3S/c1-23(21,22)6-2-3-8(13)9(4-6)19-10(11(17)20)7(5-18-19)12(14,15)16/h2-5H,1H3,(H2,17,20). The Morgan fingerprint density at radius 3 is 2.39 bits per heavy atom. The van der Waals surface area contributed by atoms with Crippen LogP contribution in [-0.4, -0.2) is 30.4 Å². The Bertz CT molecular complexity index is 887. The van der Waals surface area contributed by atoms with E-state index in [0.29, 0.717) is 10.9 Å². The van der Waals surface area contributed by atoms with Gasteiger partial charge in [0.2, 0.25) is 0 Å². The van der Waals surface area contributed by atoms with E-state index in [1.165, 1.54) is 0 Å². The van der Waals surface area contributed by atoms with Gasteiger partial charge < -0.3 is 5.73 Å². The molecule has 2 N–H and O–H groups in total. The Morgan fingerprint density at radius 2 is 1.91 bits per heavy atom. The summed E-state index contributed by atoms with van der Waals surface area (Å²) >= 11 is 0. The number of carbonyl (C=O) groups is 1. The normalized spacial score (nSPS) is 12.4. The van der Waals surface area contributed by atoms with Crippen molar-refractivity contribution in [3.8, 4) is 5.69 Å². The minimum Gasteiger partial charge on any atom is -0.364 e. The quantitative estimate of drug-likeness (QED) is 0.670. The molecule has 1 amide bonds. The van der Waals surface area contributed by atoms with Gasteiger partial charge in [0, 0.05) is 6.26 Å². The number of amides is 1. The van der Waals surface area contributed by atoms with Crippen molar-refractivity contribution in [3.63, 3.8) is 0 Å². The van der Waals surface area contributed by atoms with E-state index >= 15 is 0 Å². The maximum absolute atomic E-state index is 13.9. The molecule has 23 heavy (non-hydrogen) atoms. The summed E-state index contributed by atoms with van der Waals surface area (Å²) in [6.07, 6.45) is -3.79. The highest BCUT2D eigenvalue weighted by Gasteiger charge is 2.38. The molecule has 0 bridgehead atoms. The predicted octanol–water partition coefficient (Wildman–Crippen LogP) is 1.53. The van der Waals surface area contributed by atoms with Crippen molar-refractivity contribution in [1.29, 1.82) is 0 Å². The molecule has 1 aromatic carbocycles. The summed E-state index contributed by atoms with van der Waals surface area (Å²) in [5.74, 6) is -2.56. The number of alkyl halides is 3. The van der Waals surface area contributed by atoms with Gasteiger partial charge in [0.25, 0.3) is 5.91 Å². The Balaban J connectivity index is 2.78. The average molecular weight is 351 g/mol.